The van der Waals surface area contributed by atoms with Crippen molar-refractivity contribution in [1.29, 1.82) is 0 Å². The molecule has 10 heteroatoms. The summed E-state index contributed by atoms with van der Waals surface area (Å²) in [6.45, 7) is 4.07. The highest BCUT2D eigenvalue weighted by atomic mass is 16.5. The van der Waals surface area contributed by atoms with Crippen LogP contribution < -0.4 is 16.0 Å². The van der Waals surface area contributed by atoms with Gasteiger partial charge < -0.3 is 30.9 Å². The van der Waals surface area contributed by atoms with E-state index in [2.05, 4.69) is 37.5 Å². The Bertz CT molecular complexity index is 457. The van der Waals surface area contributed by atoms with Crippen molar-refractivity contribution in [3.8, 4) is 0 Å². The molecule has 0 aliphatic carbocycles. The first kappa shape index (κ1) is 15.6. The lowest BCUT2D eigenvalue weighted by atomic mass is 10.4. The van der Waals surface area contributed by atoms with Crippen molar-refractivity contribution in [2.24, 2.45) is 0 Å². The number of aromatic nitrogens is 3. The molecule has 0 fully saturated rings. The van der Waals surface area contributed by atoms with Crippen LogP contribution in [0.15, 0.2) is 12.2 Å². The highest BCUT2D eigenvalue weighted by molar-refractivity contribution is 5.86. The predicted molar refractivity (Wildman–Crippen MR) is 70.6 cm³/mol. The Morgan fingerprint density at radius 2 is 1.55 bits per heavy atom. The van der Waals surface area contributed by atoms with Crippen molar-refractivity contribution in [3.05, 3.63) is 12.2 Å². The van der Waals surface area contributed by atoms with Crippen LogP contribution in [0.25, 0.3) is 0 Å². The van der Waals surface area contributed by atoms with Crippen LogP contribution >= 0.6 is 0 Å². The van der Waals surface area contributed by atoms with Gasteiger partial charge in [0.1, 0.15) is 13.5 Å². The number of nitrogens with zero attached hydrogens (tertiary/aromatic N) is 3. The van der Waals surface area contributed by atoms with Crippen LogP contribution in [0.1, 0.15) is 6.92 Å². The third-order valence-electron chi connectivity index (χ3n) is 1.89. The fraction of sp³-hybridized carbons (Fsp3) is 0.400. The summed E-state index contributed by atoms with van der Waals surface area (Å²) in [7, 11) is 0. The van der Waals surface area contributed by atoms with Gasteiger partial charge in [0, 0.05) is 5.57 Å². The van der Waals surface area contributed by atoms with E-state index >= 15 is 0 Å². The Kier molecular flexibility index (Phi) is 6.13. The van der Waals surface area contributed by atoms with Gasteiger partial charge in [0.15, 0.2) is 6.73 Å². The van der Waals surface area contributed by atoms with Gasteiger partial charge in [0.2, 0.25) is 17.8 Å². The summed E-state index contributed by atoms with van der Waals surface area (Å²) >= 11 is 0. The first-order valence-electron chi connectivity index (χ1n) is 5.59. The molecule has 110 valence electrons. The zero-order valence-corrected chi connectivity index (χ0v) is 10.9. The molecule has 0 spiro atoms. The SMILES string of the molecule is C=C(C)C(=O)OCNc1nc(NCO)nc(NCO)n1. The molecule has 10 nitrogen and oxygen atoms in total. The summed E-state index contributed by atoms with van der Waals surface area (Å²) in [4.78, 5) is 22.8. The van der Waals surface area contributed by atoms with E-state index in [1.807, 2.05) is 0 Å². The number of ether oxygens (including phenoxy) is 1. The number of aliphatic hydroxyl groups excluding tert-OH is 2. The number of rotatable bonds is 8. The lowest BCUT2D eigenvalue weighted by Gasteiger charge is -2.09. The first-order valence-corrected chi connectivity index (χ1v) is 5.59. The molecule has 0 saturated carbocycles. The maximum atomic E-state index is 11.2. The van der Waals surface area contributed by atoms with Crippen LogP contribution in [0.4, 0.5) is 17.8 Å². The zero-order valence-electron chi connectivity index (χ0n) is 10.9. The summed E-state index contributed by atoms with van der Waals surface area (Å²) in [5.74, 6) is -0.269. The maximum absolute atomic E-state index is 11.2. The van der Waals surface area contributed by atoms with Gasteiger partial charge in [-0.05, 0) is 6.92 Å². The predicted octanol–water partition coefficient (Wildman–Crippen LogP) is -0.916. The number of esters is 1. The second-order valence-electron chi connectivity index (χ2n) is 3.51. The lowest BCUT2D eigenvalue weighted by Crippen LogP contribution is -2.17. The molecule has 20 heavy (non-hydrogen) atoms. The van der Waals surface area contributed by atoms with Crippen LogP contribution in [0.5, 0.6) is 0 Å². The van der Waals surface area contributed by atoms with Crippen molar-refractivity contribution in [3.63, 3.8) is 0 Å². The average Bonchev–Trinajstić information content (AvgIpc) is 2.39. The van der Waals surface area contributed by atoms with Crippen molar-refractivity contribution in [2.75, 3.05) is 36.1 Å². The normalized spacial score (nSPS) is 9.75. The first-order chi connectivity index (χ1) is 9.56. The largest absolute Gasteiger partial charge is 0.441 e. The summed E-state index contributed by atoms with van der Waals surface area (Å²) in [6.07, 6.45) is 0. The Morgan fingerprint density at radius 3 is 1.95 bits per heavy atom. The van der Waals surface area contributed by atoms with E-state index < -0.39 is 5.97 Å². The summed E-state index contributed by atoms with van der Waals surface area (Å²) in [5.41, 5.74) is 0.271. The van der Waals surface area contributed by atoms with Gasteiger partial charge in [-0.3, -0.25) is 0 Å². The Morgan fingerprint density at radius 1 is 1.10 bits per heavy atom. The molecule has 1 heterocycles. The van der Waals surface area contributed by atoms with Gasteiger partial charge in [-0.15, -0.1) is 0 Å². The molecule has 0 atom stereocenters. The average molecular weight is 284 g/mol. The van der Waals surface area contributed by atoms with Crippen LogP contribution in [-0.2, 0) is 9.53 Å². The van der Waals surface area contributed by atoms with Gasteiger partial charge >= 0.3 is 5.97 Å². The van der Waals surface area contributed by atoms with Crippen LogP contribution in [0.3, 0.4) is 0 Å². The smallest absolute Gasteiger partial charge is 0.334 e. The van der Waals surface area contributed by atoms with Gasteiger partial charge in [-0.25, -0.2) is 4.79 Å². The monoisotopic (exact) mass is 284 g/mol. The van der Waals surface area contributed by atoms with E-state index in [0.717, 1.165) is 0 Å². The third kappa shape index (κ3) is 5.04. The highest BCUT2D eigenvalue weighted by Gasteiger charge is 2.07. The Hall–Kier alpha value is -2.46. The van der Waals surface area contributed by atoms with E-state index in [4.69, 9.17) is 14.9 Å². The van der Waals surface area contributed by atoms with Crippen molar-refractivity contribution < 1.29 is 19.7 Å². The van der Waals surface area contributed by atoms with E-state index in [0.29, 0.717) is 0 Å². The van der Waals surface area contributed by atoms with E-state index in [1.165, 1.54) is 6.92 Å². The minimum atomic E-state index is -0.547. The molecule has 0 aliphatic heterocycles. The molecular weight excluding hydrogens is 268 g/mol. The fourth-order valence-corrected chi connectivity index (χ4v) is 1.04. The van der Waals surface area contributed by atoms with Gasteiger partial charge in [-0.1, -0.05) is 6.58 Å². The van der Waals surface area contributed by atoms with Crippen LogP contribution in [0, 0.1) is 0 Å². The minimum Gasteiger partial charge on any atom is -0.441 e. The minimum absolute atomic E-state index is 0.0900. The quantitative estimate of drug-likeness (QED) is 0.231. The standard InChI is InChI=1S/C10H16N6O4/c1-6(2)7(19)20-5-13-10-15-8(11-3-17)14-9(16-10)12-4-18/h17-18H,1,3-5H2,2H3,(H3,11,12,13,14,15,16). The van der Waals surface area contributed by atoms with E-state index in [-0.39, 0.29) is 43.6 Å². The van der Waals surface area contributed by atoms with E-state index in [1.54, 1.807) is 0 Å². The fourth-order valence-electron chi connectivity index (χ4n) is 1.04. The molecule has 5 N–H and O–H groups in total. The molecule has 0 unspecified atom stereocenters. The van der Waals surface area contributed by atoms with E-state index in [9.17, 15) is 4.79 Å². The summed E-state index contributed by atoms with van der Waals surface area (Å²) in [5, 5.41) is 25.1. The Labute approximate surface area is 114 Å². The van der Waals surface area contributed by atoms with Crippen molar-refractivity contribution in [1.82, 2.24) is 15.0 Å². The van der Waals surface area contributed by atoms with Crippen LogP contribution in [-0.4, -0.2) is 51.3 Å². The summed E-state index contributed by atoms with van der Waals surface area (Å²) in [6, 6.07) is 0. The second kappa shape index (κ2) is 7.86. The van der Waals surface area contributed by atoms with Crippen molar-refractivity contribution in [2.45, 2.75) is 6.92 Å². The second-order valence-corrected chi connectivity index (χ2v) is 3.51. The Balaban J connectivity index is 2.67. The molecule has 0 aliphatic rings. The summed E-state index contributed by atoms with van der Waals surface area (Å²) < 4.78 is 4.82. The molecule has 1 aromatic heterocycles. The molecule has 1 aromatic rings. The van der Waals surface area contributed by atoms with Gasteiger partial charge in [0.05, 0.1) is 0 Å². The molecule has 1 rings (SSSR count). The zero-order chi connectivity index (χ0) is 15.0. The maximum Gasteiger partial charge on any atom is 0.334 e. The number of nitrogens with one attached hydrogen (secondary N) is 3. The highest BCUT2D eigenvalue weighted by Crippen LogP contribution is 2.08. The number of aliphatic hydroxyl groups is 2. The number of hydrogen-bond donors (Lipinski definition) is 5. The number of anilines is 3. The topological polar surface area (TPSA) is 142 Å². The van der Waals surface area contributed by atoms with Crippen molar-refractivity contribution >= 4 is 23.8 Å². The van der Waals surface area contributed by atoms with Gasteiger partial charge in [0.25, 0.3) is 0 Å². The van der Waals surface area contributed by atoms with Crippen LogP contribution in [0.2, 0.25) is 0 Å². The van der Waals surface area contributed by atoms with Gasteiger partial charge in [-0.2, -0.15) is 15.0 Å². The molecule has 0 saturated heterocycles. The molecular formula is C10H16N6O4. The molecule has 0 radical (unpaired) electrons. The third-order valence-corrected chi connectivity index (χ3v) is 1.89. The molecule has 0 aromatic carbocycles. The number of carbonyl (C=O) groups excluding carboxylic acids is 1. The lowest BCUT2D eigenvalue weighted by molar-refractivity contribution is -0.138. The molecule has 0 bridgehead atoms. The number of carbonyl (C=O) groups is 1. The number of hydrogen-bond acceptors (Lipinski definition) is 10. The molecule has 0 amide bonds.